The van der Waals surface area contributed by atoms with E-state index in [0.717, 1.165) is 5.56 Å². The Balaban J connectivity index is 2.25. The van der Waals surface area contributed by atoms with E-state index >= 15 is 0 Å². The number of aliphatic hydroxyl groups excluding tert-OH is 1. The zero-order valence-corrected chi connectivity index (χ0v) is 11.9. The largest absolute Gasteiger partial charge is 0.481 e. The van der Waals surface area contributed by atoms with Crippen LogP contribution in [-0.4, -0.2) is 32.7 Å². The summed E-state index contributed by atoms with van der Waals surface area (Å²) < 4.78 is 6.79. The SMILES string of the molecule is COc1ccc(-c2c(C(=O)O)cc3cc(CO)ccn23)cn1. The van der Waals surface area contributed by atoms with Gasteiger partial charge in [-0.05, 0) is 29.8 Å². The van der Waals surface area contributed by atoms with Gasteiger partial charge in [0, 0.05) is 29.5 Å². The quantitative estimate of drug-likeness (QED) is 0.771. The maximum absolute atomic E-state index is 11.5. The number of hydrogen-bond donors (Lipinski definition) is 2. The number of nitrogens with zero attached hydrogens (tertiary/aromatic N) is 2. The van der Waals surface area contributed by atoms with Crippen molar-refractivity contribution in [2.45, 2.75) is 6.61 Å². The summed E-state index contributed by atoms with van der Waals surface area (Å²) in [6.45, 7) is -0.0937. The number of carboxylic acids is 1. The van der Waals surface area contributed by atoms with Crippen molar-refractivity contribution in [3.05, 3.63) is 53.9 Å². The number of rotatable bonds is 4. The zero-order valence-electron chi connectivity index (χ0n) is 11.9. The molecule has 6 nitrogen and oxygen atoms in total. The number of aromatic nitrogens is 2. The van der Waals surface area contributed by atoms with E-state index in [0.29, 0.717) is 22.7 Å². The Kier molecular flexibility index (Phi) is 3.52. The summed E-state index contributed by atoms with van der Waals surface area (Å²) in [6.07, 6.45) is 3.32. The molecule has 0 atom stereocenters. The molecule has 0 amide bonds. The fraction of sp³-hybridized carbons (Fsp3) is 0.125. The molecule has 0 unspecified atom stereocenters. The average molecular weight is 298 g/mol. The molecular formula is C16H14N2O4. The van der Waals surface area contributed by atoms with E-state index in [2.05, 4.69) is 4.98 Å². The molecule has 0 fully saturated rings. The molecule has 0 radical (unpaired) electrons. The summed E-state index contributed by atoms with van der Waals surface area (Å²) in [5.41, 5.74) is 2.83. The number of pyridine rings is 2. The summed E-state index contributed by atoms with van der Waals surface area (Å²) in [6, 6.07) is 8.54. The van der Waals surface area contributed by atoms with Crippen molar-refractivity contribution in [1.29, 1.82) is 0 Å². The lowest BCUT2D eigenvalue weighted by atomic mass is 10.1. The first kappa shape index (κ1) is 14.1. The van der Waals surface area contributed by atoms with Crippen molar-refractivity contribution < 1.29 is 19.7 Å². The third kappa shape index (κ3) is 2.29. The maximum Gasteiger partial charge on any atom is 0.337 e. The third-order valence-corrected chi connectivity index (χ3v) is 3.47. The van der Waals surface area contributed by atoms with Crippen LogP contribution in [0.15, 0.2) is 42.7 Å². The van der Waals surface area contributed by atoms with E-state index in [1.54, 1.807) is 47.1 Å². The second-order valence-electron chi connectivity index (χ2n) is 4.79. The molecule has 3 rings (SSSR count). The number of ether oxygens (including phenoxy) is 1. The number of aromatic carboxylic acids is 1. The van der Waals surface area contributed by atoms with E-state index in [1.165, 1.54) is 7.11 Å². The van der Waals surface area contributed by atoms with Gasteiger partial charge in [0.1, 0.15) is 0 Å². The normalized spacial score (nSPS) is 10.8. The highest BCUT2D eigenvalue weighted by atomic mass is 16.5. The van der Waals surface area contributed by atoms with Crippen molar-refractivity contribution in [3.8, 4) is 17.1 Å². The second-order valence-corrected chi connectivity index (χ2v) is 4.79. The van der Waals surface area contributed by atoms with Crippen LogP contribution in [0.25, 0.3) is 16.8 Å². The van der Waals surface area contributed by atoms with Crippen molar-refractivity contribution in [2.24, 2.45) is 0 Å². The first-order chi connectivity index (χ1) is 10.6. The molecular weight excluding hydrogens is 284 g/mol. The van der Waals surface area contributed by atoms with E-state index in [4.69, 9.17) is 4.74 Å². The summed E-state index contributed by atoms with van der Waals surface area (Å²) in [5.74, 6) is -0.552. The highest BCUT2D eigenvalue weighted by Gasteiger charge is 2.18. The molecule has 0 saturated carbocycles. The smallest absolute Gasteiger partial charge is 0.337 e. The summed E-state index contributed by atoms with van der Waals surface area (Å²) in [5, 5.41) is 18.7. The lowest BCUT2D eigenvalue weighted by molar-refractivity contribution is 0.0698. The molecule has 0 aromatic carbocycles. The number of aliphatic hydroxyl groups is 1. The predicted molar refractivity (Wildman–Crippen MR) is 80.1 cm³/mol. The minimum atomic E-state index is -1.01. The fourth-order valence-corrected chi connectivity index (χ4v) is 2.42. The van der Waals surface area contributed by atoms with Crippen LogP contribution in [0, 0.1) is 0 Å². The van der Waals surface area contributed by atoms with Gasteiger partial charge in [-0.1, -0.05) is 0 Å². The maximum atomic E-state index is 11.5. The zero-order chi connectivity index (χ0) is 15.7. The van der Waals surface area contributed by atoms with Crippen LogP contribution in [0.5, 0.6) is 5.88 Å². The molecule has 0 aliphatic rings. The summed E-state index contributed by atoms with van der Waals surface area (Å²) >= 11 is 0. The molecule has 0 saturated heterocycles. The van der Waals surface area contributed by atoms with Gasteiger partial charge in [0.25, 0.3) is 0 Å². The van der Waals surface area contributed by atoms with Gasteiger partial charge in [0.15, 0.2) is 0 Å². The predicted octanol–water partition coefficient (Wildman–Crippen LogP) is 2.20. The van der Waals surface area contributed by atoms with Gasteiger partial charge in [-0.3, -0.25) is 0 Å². The second kappa shape index (κ2) is 5.50. The van der Waals surface area contributed by atoms with Gasteiger partial charge in [-0.25, -0.2) is 9.78 Å². The Bertz CT molecular complexity index is 837. The van der Waals surface area contributed by atoms with Crippen molar-refractivity contribution in [2.75, 3.05) is 7.11 Å². The van der Waals surface area contributed by atoms with Crippen LogP contribution in [-0.2, 0) is 6.61 Å². The van der Waals surface area contributed by atoms with Crippen LogP contribution in [0.2, 0.25) is 0 Å². The Morgan fingerprint density at radius 3 is 2.73 bits per heavy atom. The third-order valence-electron chi connectivity index (χ3n) is 3.47. The highest BCUT2D eigenvalue weighted by Crippen LogP contribution is 2.28. The van der Waals surface area contributed by atoms with Crippen LogP contribution in [0.3, 0.4) is 0 Å². The van der Waals surface area contributed by atoms with Crippen LogP contribution in [0.4, 0.5) is 0 Å². The number of carbonyl (C=O) groups is 1. The van der Waals surface area contributed by atoms with Crippen LogP contribution < -0.4 is 4.74 Å². The molecule has 112 valence electrons. The van der Waals surface area contributed by atoms with Crippen LogP contribution >= 0.6 is 0 Å². The molecule has 6 heteroatoms. The minimum Gasteiger partial charge on any atom is -0.481 e. The first-order valence-corrected chi connectivity index (χ1v) is 6.62. The Morgan fingerprint density at radius 2 is 2.14 bits per heavy atom. The molecule has 0 aliphatic heterocycles. The Morgan fingerprint density at radius 1 is 1.32 bits per heavy atom. The van der Waals surface area contributed by atoms with Gasteiger partial charge in [-0.2, -0.15) is 0 Å². The molecule has 0 bridgehead atoms. The lowest BCUT2D eigenvalue weighted by Crippen LogP contribution is -1.99. The minimum absolute atomic E-state index is 0.0937. The highest BCUT2D eigenvalue weighted by molar-refractivity contribution is 5.97. The average Bonchev–Trinajstić information content (AvgIpc) is 2.93. The number of carboxylic acid groups (broad SMARTS) is 1. The Hall–Kier alpha value is -2.86. The molecule has 22 heavy (non-hydrogen) atoms. The van der Waals surface area contributed by atoms with Gasteiger partial charge in [0.2, 0.25) is 5.88 Å². The number of hydrogen-bond acceptors (Lipinski definition) is 4. The van der Waals surface area contributed by atoms with E-state index in [-0.39, 0.29) is 12.2 Å². The van der Waals surface area contributed by atoms with Gasteiger partial charge < -0.3 is 19.4 Å². The van der Waals surface area contributed by atoms with Crippen LogP contribution in [0.1, 0.15) is 15.9 Å². The van der Waals surface area contributed by atoms with E-state index < -0.39 is 5.97 Å². The monoisotopic (exact) mass is 298 g/mol. The lowest BCUT2D eigenvalue weighted by Gasteiger charge is -2.06. The van der Waals surface area contributed by atoms with Gasteiger partial charge in [0.05, 0.1) is 25.0 Å². The van der Waals surface area contributed by atoms with E-state index in [1.807, 2.05) is 0 Å². The van der Waals surface area contributed by atoms with Gasteiger partial charge >= 0.3 is 5.97 Å². The molecule has 3 aromatic heterocycles. The van der Waals surface area contributed by atoms with Crippen molar-refractivity contribution in [3.63, 3.8) is 0 Å². The van der Waals surface area contributed by atoms with Gasteiger partial charge in [-0.15, -0.1) is 0 Å². The van der Waals surface area contributed by atoms with Crippen molar-refractivity contribution >= 4 is 11.5 Å². The molecule has 3 aromatic rings. The number of fused-ring (bicyclic) bond motifs is 1. The summed E-state index contributed by atoms with van der Waals surface area (Å²) in [7, 11) is 1.52. The number of methoxy groups -OCH3 is 1. The van der Waals surface area contributed by atoms with E-state index in [9.17, 15) is 15.0 Å². The molecule has 3 heterocycles. The molecule has 0 spiro atoms. The first-order valence-electron chi connectivity index (χ1n) is 6.62. The topological polar surface area (TPSA) is 84.1 Å². The molecule has 2 N–H and O–H groups in total. The summed E-state index contributed by atoms with van der Waals surface area (Å²) in [4.78, 5) is 15.7. The fourth-order valence-electron chi connectivity index (χ4n) is 2.42. The Labute approximate surface area is 126 Å². The standard InChI is InChI=1S/C16H14N2O4/c1-22-14-3-2-11(8-17-14)15-13(16(20)21)7-12-6-10(9-19)4-5-18(12)15/h2-8,19H,9H2,1H3,(H,20,21). The van der Waals surface area contributed by atoms with Crippen molar-refractivity contribution in [1.82, 2.24) is 9.38 Å². The molecule has 0 aliphatic carbocycles.